The van der Waals surface area contributed by atoms with Gasteiger partial charge in [-0.3, -0.25) is 24.6 Å². The van der Waals surface area contributed by atoms with E-state index in [1.807, 2.05) is 0 Å². The summed E-state index contributed by atoms with van der Waals surface area (Å²) in [4.78, 5) is 35.0. The van der Waals surface area contributed by atoms with Crippen molar-refractivity contribution in [2.75, 3.05) is 20.1 Å². The number of amides is 2. The molecule has 2 amide bonds. The van der Waals surface area contributed by atoms with Crippen LogP contribution in [0.2, 0.25) is 0 Å². The molecule has 0 saturated heterocycles. The average Bonchev–Trinajstić information content (AvgIpc) is 2.59. The molecule has 1 N–H and O–H groups in total. The third-order valence-corrected chi connectivity index (χ3v) is 2.75. The molecular formula is C11H11N3O4. The molecule has 0 radical (unpaired) electrons. The van der Waals surface area contributed by atoms with Gasteiger partial charge >= 0.3 is 0 Å². The number of carbonyl (C=O) groups is 2. The zero-order valence-electron chi connectivity index (χ0n) is 9.67. The third kappa shape index (κ3) is 1.84. The van der Waals surface area contributed by atoms with Crippen molar-refractivity contribution in [3.8, 4) is 0 Å². The lowest BCUT2D eigenvalue weighted by atomic mass is 10.1. The lowest BCUT2D eigenvalue weighted by Gasteiger charge is -2.12. The first-order valence-corrected chi connectivity index (χ1v) is 5.35. The quantitative estimate of drug-likeness (QED) is 0.474. The Balaban J connectivity index is 2.36. The monoisotopic (exact) mass is 249 g/mol. The molecule has 0 aromatic heterocycles. The first-order chi connectivity index (χ1) is 8.56. The Morgan fingerprint density at radius 1 is 1.28 bits per heavy atom. The van der Waals surface area contributed by atoms with E-state index in [0.29, 0.717) is 6.54 Å². The minimum Gasteiger partial charge on any atom is -0.318 e. The van der Waals surface area contributed by atoms with Gasteiger partial charge in [0.05, 0.1) is 16.1 Å². The second kappa shape index (κ2) is 4.53. The number of imide groups is 1. The summed E-state index contributed by atoms with van der Waals surface area (Å²) in [5.74, 6) is -0.880. The second-order valence-electron chi connectivity index (χ2n) is 3.85. The lowest BCUT2D eigenvalue weighted by molar-refractivity contribution is -0.384. The van der Waals surface area contributed by atoms with E-state index < -0.39 is 16.7 Å². The van der Waals surface area contributed by atoms with Gasteiger partial charge in [-0.15, -0.1) is 0 Å². The Morgan fingerprint density at radius 3 is 2.56 bits per heavy atom. The summed E-state index contributed by atoms with van der Waals surface area (Å²) >= 11 is 0. The van der Waals surface area contributed by atoms with Crippen LogP contribution in [-0.2, 0) is 0 Å². The van der Waals surface area contributed by atoms with Crippen LogP contribution in [-0.4, -0.2) is 41.8 Å². The molecule has 0 bridgehead atoms. The zero-order chi connectivity index (χ0) is 13.3. The number of hydrogen-bond donors (Lipinski definition) is 1. The van der Waals surface area contributed by atoms with Gasteiger partial charge in [-0.1, -0.05) is 0 Å². The number of nitro benzene ring substituents is 1. The summed E-state index contributed by atoms with van der Waals surface area (Å²) in [5, 5.41) is 13.5. The van der Waals surface area contributed by atoms with Crippen molar-refractivity contribution in [2.24, 2.45) is 0 Å². The van der Waals surface area contributed by atoms with Crippen LogP contribution in [0.15, 0.2) is 18.2 Å². The Hall–Kier alpha value is -2.28. The maximum Gasteiger partial charge on any atom is 0.270 e. The van der Waals surface area contributed by atoms with Gasteiger partial charge in [-0.2, -0.15) is 0 Å². The molecule has 1 aliphatic heterocycles. The number of nitro groups is 1. The maximum atomic E-state index is 11.9. The summed E-state index contributed by atoms with van der Waals surface area (Å²) in [7, 11) is 1.71. The van der Waals surface area contributed by atoms with E-state index in [0.717, 1.165) is 11.0 Å². The van der Waals surface area contributed by atoms with E-state index in [9.17, 15) is 19.7 Å². The van der Waals surface area contributed by atoms with Crippen molar-refractivity contribution in [1.29, 1.82) is 0 Å². The van der Waals surface area contributed by atoms with Gasteiger partial charge in [0.25, 0.3) is 17.5 Å². The van der Waals surface area contributed by atoms with Crippen LogP contribution < -0.4 is 5.32 Å². The first kappa shape index (κ1) is 12.2. The highest BCUT2D eigenvalue weighted by Crippen LogP contribution is 2.26. The number of benzene rings is 1. The van der Waals surface area contributed by atoms with E-state index in [1.54, 1.807) is 7.05 Å². The second-order valence-corrected chi connectivity index (χ2v) is 3.85. The smallest absolute Gasteiger partial charge is 0.270 e. The predicted molar refractivity (Wildman–Crippen MR) is 62.4 cm³/mol. The molecule has 1 aliphatic rings. The molecule has 0 spiro atoms. The molecule has 0 aliphatic carbocycles. The van der Waals surface area contributed by atoms with E-state index in [-0.39, 0.29) is 23.4 Å². The van der Waals surface area contributed by atoms with Crippen LogP contribution >= 0.6 is 0 Å². The summed E-state index contributed by atoms with van der Waals surface area (Å²) in [6.45, 7) is 0.726. The van der Waals surface area contributed by atoms with Crippen molar-refractivity contribution in [2.45, 2.75) is 0 Å². The largest absolute Gasteiger partial charge is 0.318 e. The van der Waals surface area contributed by atoms with E-state index in [2.05, 4.69) is 5.32 Å². The van der Waals surface area contributed by atoms with Crippen molar-refractivity contribution in [3.05, 3.63) is 39.4 Å². The molecule has 1 aromatic carbocycles. The van der Waals surface area contributed by atoms with Crippen LogP contribution in [0.1, 0.15) is 20.7 Å². The standard InChI is InChI=1S/C11H11N3O4/c1-12-4-5-13-10(15)8-3-2-7(14(17)18)6-9(8)11(13)16/h2-3,6,12H,4-5H2,1H3. The van der Waals surface area contributed by atoms with E-state index >= 15 is 0 Å². The van der Waals surface area contributed by atoms with Crippen LogP contribution in [0.4, 0.5) is 5.69 Å². The molecule has 1 aromatic rings. The van der Waals surface area contributed by atoms with Crippen molar-refractivity contribution in [1.82, 2.24) is 10.2 Å². The first-order valence-electron chi connectivity index (χ1n) is 5.35. The molecule has 2 rings (SSSR count). The fraction of sp³-hybridized carbons (Fsp3) is 0.273. The van der Waals surface area contributed by atoms with Gasteiger partial charge in [0.15, 0.2) is 0 Å². The molecule has 7 nitrogen and oxygen atoms in total. The normalized spacial score (nSPS) is 13.9. The molecule has 0 saturated carbocycles. The number of non-ortho nitro benzene ring substituents is 1. The third-order valence-electron chi connectivity index (χ3n) is 2.75. The summed E-state index contributed by atoms with van der Waals surface area (Å²) in [6, 6.07) is 3.70. The molecule has 7 heteroatoms. The van der Waals surface area contributed by atoms with Gasteiger partial charge in [-0.05, 0) is 13.1 Å². The highest BCUT2D eigenvalue weighted by Gasteiger charge is 2.36. The highest BCUT2D eigenvalue weighted by atomic mass is 16.6. The fourth-order valence-corrected chi connectivity index (χ4v) is 1.82. The molecule has 1 heterocycles. The van der Waals surface area contributed by atoms with Gasteiger partial charge < -0.3 is 5.32 Å². The van der Waals surface area contributed by atoms with Gasteiger partial charge in [0, 0.05) is 25.2 Å². The minimum atomic E-state index is -0.589. The Kier molecular flexibility index (Phi) is 3.07. The van der Waals surface area contributed by atoms with Crippen molar-refractivity contribution in [3.63, 3.8) is 0 Å². The van der Waals surface area contributed by atoms with Gasteiger partial charge in [0.2, 0.25) is 0 Å². The molecule has 0 fully saturated rings. The predicted octanol–water partition coefficient (Wildman–Crippen LogP) is 0.410. The van der Waals surface area contributed by atoms with Crippen LogP contribution in [0.5, 0.6) is 0 Å². The highest BCUT2D eigenvalue weighted by molar-refractivity contribution is 6.21. The number of nitrogens with one attached hydrogen (secondary N) is 1. The molecule has 0 unspecified atom stereocenters. The SMILES string of the molecule is CNCCN1C(=O)c2ccc([N+](=O)[O-])cc2C1=O. The number of fused-ring (bicyclic) bond motifs is 1. The summed E-state index contributed by atoms with van der Waals surface area (Å²) < 4.78 is 0. The topological polar surface area (TPSA) is 92.6 Å². The van der Waals surface area contributed by atoms with Crippen molar-refractivity contribution < 1.29 is 14.5 Å². The molecule has 0 atom stereocenters. The van der Waals surface area contributed by atoms with Gasteiger partial charge in [-0.25, -0.2) is 0 Å². The van der Waals surface area contributed by atoms with Gasteiger partial charge in [0.1, 0.15) is 0 Å². The zero-order valence-corrected chi connectivity index (χ0v) is 9.67. The summed E-state index contributed by atoms with van der Waals surface area (Å²) in [5.41, 5.74) is 0.136. The molecule has 94 valence electrons. The van der Waals surface area contributed by atoms with E-state index in [4.69, 9.17) is 0 Å². The van der Waals surface area contributed by atoms with Crippen LogP contribution in [0.3, 0.4) is 0 Å². The number of likely N-dealkylation sites (N-methyl/N-ethyl adjacent to an activating group) is 1. The average molecular weight is 249 g/mol. The van der Waals surface area contributed by atoms with Crippen LogP contribution in [0, 0.1) is 10.1 Å². The Bertz CT molecular complexity index is 541. The van der Waals surface area contributed by atoms with Crippen LogP contribution in [0.25, 0.3) is 0 Å². The number of nitrogens with zero attached hydrogens (tertiary/aromatic N) is 2. The lowest BCUT2D eigenvalue weighted by Crippen LogP contribution is -2.35. The number of carbonyl (C=O) groups excluding carboxylic acids is 2. The molecule has 18 heavy (non-hydrogen) atoms. The number of rotatable bonds is 4. The van der Waals surface area contributed by atoms with Crippen molar-refractivity contribution >= 4 is 17.5 Å². The van der Waals surface area contributed by atoms with E-state index in [1.165, 1.54) is 12.1 Å². The molecular weight excluding hydrogens is 238 g/mol. The minimum absolute atomic E-state index is 0.102. The maximum absolute atomic E-state index is 11.9. The fourth-order valence-electron chi connectivity index (χ4n) is 1.82. The summed E-state index contributed by atoms with van der Waals surface area (Å²) in [6.07, 6.45) is 0. The Morgan fingerprint density at radius 2 is 1.94 bits per heavy atom. The number of hydrogen-bond acceptors (Lipinski definition) is 5. The Labute approximate surface area is 103 Å².